The molecule has 4 aliphatic carbocycles. The summed E-state index contributed by atoms with van der Waals surface area (Å²) in [7, 11) is 0. The van der Waals surface area contributed by atoms with Crippen molar-refractivity contribution in [2.45, 2.75) is 64.1 Å². The summed E-state index contributed by atoms with van der Waals surface area (Å²) < 4.78 is 0. The van der Waals surface area contributed by atoms with Gasteiger partial charge in [0.25, 0.3) is 0 Å². The molecule has 0 aromatic heterocycles. The Morgan fingerprint density at radius 3 is 2.63 bits per heavy atom. The van der Waals surface area contributed by atoms with E-state index < -0.39 is 34.9 Å². The van der Waals surface area contributed by atoms with Crippen LogP contribution in [-0.2, 0) is 14.4 Å². The second kappa shape index (κ2) is 5.82. The van der Waals surface area contributed by atoms with E-state index in [1.165, 1.54) is 0 Å². The number of carbonyl (C=O) groups excluding carboxylic acids is 3. The second-order valence-electron chi connectivity index (χ2n) is 9.44. The first kappa shape index (κ1) is 19.0. The molecule has 0 heterocycles. The highest BCUT2D eigenvalue weighted by Crippen LogP contribution is 2.67. The molecular weight excluding hydrogens is 348 g/mol. The van der Waals surface area contributed by atoms with Crippen molar-refractivity contribution >= 4 is 17.3 Å². The highest BCUT2D eigenvalue weighted by atomic mass is 16.3. The maximum absolute atomic E-state index is 12.9. The molecule has 0 spiro atoms. The molecule has 3 N–H and O–H groups in total. The topological polar surface area (TPSA) is 112 Å². The van der Waals surface area contributed by atoms with Gasteiger partial charge >= 0.3 is 0 Å². The molecule has 1 unspecified atom stereocenters. The first-order valence-corrected chi connectivity index (χ1v) is 9.91. The van der Waals surface area contributed by atoms with Crippen molar-refractivity contribution in [2.75, 3.05) is 6.61 Å². The predicted molar refractivity (Wildman–Crippen MR) is 95.5 cm³/mol. The van der Waals surface area contributed by atoms with E-state index in [1.54, 1.807) is 6.08 Å². The zero-order chi connectivity index (χ0) is 19.8. The number of carbonyl (C=O) groups is 3. The normalized spacial score (nSPS) is 49.1. The lowest BCUT2D eigenvalue weighted by atomic mass is 9.45. The van der Waals surface area contributed by atoms with Gasteiger partial charge in [-0.05, 0) is 56.9 Å². The van der Waals surface area contributed by atoms with Gasteiger partial charge in [0, 0.05) is 11.3 Å². The number of aliphatic hydroxyl groups is 3. The maximum Gasteiger partial charge on any atom is 0.190 e. The summed E-state index contributed by atoms with van der Waals surface area (Å²) in [6, 6.07) is 0. The van der Waals surface area contributed by atoms with E-state index in [0.29, 0.717) is 12.8 Å². The molecule has 6 heteroatoms. The van der Waals surface area contributed by atoms with Crippen LogP contribution in [0, 0.1) is 28.6 Å². The molecule has 0 saturated heterocycles. The van der Waals surface area contributed by atoms with E-state index in [2.05, 4.69) is 0 Å². The number of ketones is 3. The van der Waals surface area contributed by atoms with E-state index >= 15 is 0 Å². The molecule has 4 rings (SSSR count). The van der Waals surface area contributed by atoms with Crippen molar-refractivity contribution in [1.82, 2.24) is 0 Å². The van der Waals surface area contributed by atoms with Gasteiger partial charge in [-0.1, -0.05) is 12.5 Å². The van der Waals surface area contributed by atoms with Crippen LogP contribution >= 0.6 is 0 Å². The molecule has 0 aromatic rings. The number of aliphatic hydroxyl groups excluding tert-OH is 2. The quantitative estimate of drug-likeness (QED) is 0.619. The number of allylic oxidation sites excluding steroid dienone is 1. The van der Waals surface area contributed by atoms with Gasteiger partial charge in [0.05, 0.1) is 17.9 Å². The van der Waals surface area contributed by atoms with Crippen molar-refractivity contribution in [3.05, 3.63) is 11.6 Å². The average molecular weight is 376 g/mol. The lowest BCUT2D eigenvalue weighted by molar-refractivity contribution is -0.183. The molecule has 4 aliphatic rings. The number of hydrogen-bond donors (Lipinski definition) is 3. The van der Waals surface area contributed by atoms with Crippen LogP contribution in [0.15, 0.2) is 11.6 Å². The van der Waals surface area contributed by atoms with Crippen molar-refractivity contribution in [1.29, 1.82) is 0 Å². The molecule has 27 heavy (non-hydrogen) atoms. The fourth-order valence-corrected chi connectivity index (χ4v) is 7.13. The summed E-state index contributed by atoms with van der Waals surface area (Å²) >= 11 is 0. The van der Waals surface area contributed by atoms with Crippen LogP contribution in [-0.4, -0.2) is 51.0 Å². The van der Waals surface area contributed by atoms with E-state index in [4.69, 9.17) is 0 Å². The highest BCUT2D eigenvalue weighted by Gasteiger charge is 2.69. The lowest BCUT2D eigenvalue weighted by Gasteiger charge is -2.59. The zero-order valence-electron chi connectivity index (χ0n) is 15.9. The molecule has 0 amide bonds. The highest BCUT2D eigenvalue weighted by molar-refractivity contribution is 6.11. The monoisotopic (exact) mass is 376 g/mol. The third kappa shape index (κ3) is 2.21. The van der Waals surface area contributed by atoms with Crippen LogP contribution in [0.1, 0.15) is 52.4 Å². The lowest BCUT2D eigenvalue weighted by Crippen LogP contribution is -2.63. The van der Waals surface area contributed by atoms with Gasteiger partial charge in [-0.3, -0.25) is 14.4 Å². The number of hydrogen-bond acceptors (Lipinski definition) is 6. The minimum absolute atomic E-state index is 0.00132. The van der Waals surface area contributed by atoms with Crippen LogP contribution in [0.4, 0.5) is 0 Å². The van der Waals surface area contributed by atoms with Gasteiger partial charge in [-0.2, -0.15) is 0 Å². The Kier molecular flexibility index (Phi) is 4.09. The molecule has 3 fully saturated rings. The fraction of sp³-hybridized carbons (Fsp3) is 0.762. The Balaban J connectivity index is 1.77. The second-order valence-corrected chi connectivity index (χ2v) is 9.44. The number of fused-ring (bicyclic) bond motifs is 5. The maximum atomic E-state index is 12.9. The summed E-state index contributed by atoms with van der Waals surface area (Å²) in [5, 5.41) is 31.7. The van der Waals surface area contributed by atoms with Crippen molar-refractivity contribution in [2.24, 2.45) is 28.6 Å². The van der Waals surface area contributed by atoms with E-state index in [0.717, 1.165) is 12.0 Å². The summed E-state index contributed by atoms with van der Waals surface area (Å²) in [6.45, 7) is 2.99. The van der Waals surface area contributed by atoms with E-state index in [-0.39, 0.29) is 48.6 Å². The molecule has 0 aromatic carbocycles. The van der Waals surface area contributed by atoms with Crippen LogP contribution in [0.3, 0.4) is 0 Å². The van der Waals surface area contributed by atoms with E-state index in [9.17, 15) is 29.7 Å². The van der Waals surface area contributed by atoms with Gasteiger partial charge in [-0.25, -0.2) is 0 Å². The Hall–Kier alpha value is -1.37. The fourth-order valence-electron chi connectivity index (χ4n) is 7.13. The molecule has 7 atom stereocenters. The van der Waals surface area contributed by atoms with Gasteiger partial charge in [0.15, 0.2) is 17.3 Å². The van der Waals surface area contributed by atoms with Crippen molar-refractivity contribution < 1.29 is 29.7 Å². The number of rotatable bonds is 2. The molecule has 0 radical (unpaired) electrons. The summed E-state index contributed by atoms with van der Waals surface area (Å²) in [5.41, 5.74) is -2.48. The van der Waals surface area contributed by atoms with Crippen LogP contribution < -0.4 is 0 Å². The van der Waals surface area contributed by atoms with Gasteiger partial charge in [-0.15, -0.1) is 0 Å². The van der Waals surface area contributed by atoms with Crippen LogP contribution in [0.2, 0.25) is 0 Å². The average Bonchev–Trinajstić information content (AvgIpc) is 2.87. The van der Waals surface area contributed by atoms with Gasteiger partial charge in [0.2, 0.25) is 0 Å². The van der Waals surface area contributed by atoms with Gasteiger partial charge < -0.3 is 15.3 Å². The van der Waals surface area contributed by atoms with Gasteiger partial charge in [0.1, 0.15) is 12.2 Å². The minimum Gasteiger partial charge on any atom is -0.393 e. The minimum atomic E-state index is -1.64. The Bertz CT molecular complexity index is 756. The first-order valence-electron chi connectivity index (χ1n) is 9.91. The first-order chi connectivity index (χ1) is 12.6. The van der Waals surface area contributed by atoms with Crippen LogP contribution in [0.5, 0.6) is 0 Å². The summed E-state index contributed by atoms with van der Waals surface area (Å²) in [5.74, 6) is -1.18. The smallest absolute Gasteiger partial charge is 0.190 e. The summed E-state index contributed by atoms with van der Waals surface area (Å²) in [4.78, 5) is 37.2. The largest absolute Gasteiger partial charge is 0.393 e. The Morgan fingerprint density at radius 2 is 1.96 bits per heavy atom. The number of Topliss-reactive ketones (excluding diaryl/α,β-unsaturated/α-hetero) is 2. The molecule has 0 bridgehead atoms. The molecule has 0 aliphatic heterocycles. The molecular formula is C21H28O6. The van der Waals surface area contributed by atoms with E-state index in [1.807, 2.05) is 13.8 Å². The molecule has 3 saturated carbocycles. The van der Waals surface area contributed by atoms with Crippen LogP contribution in [0.25, 0.3) is 0 Å². The Morgan fingerprint density at radius 1 is 1.26 bits per heavy atom. The third-order valence-electron chi connectivity index (χ3n) is 8.54. The SMILES string of the molecule is C[C@]12C(=O)CC(=O)C=C1CC[C@@H]1[C@@H]2C(O)C[C@@]2(C)[C@H]1CC[C@]2(O)C(=O)CO. The molecule has 148 valence electrons. The summed E-state index contributed by atoms with van der Waals surface area (Å²) in [6.07, 6.45) is 3.10. The molecule has 6 nitrogen and oxygen atoms in total. The Labute approximate surface area is 158 Å². The third-order valence-corrected chi connectivity index (χ3v) is 8.54. The zero-order valence-corrected chi connectivity index (χ0v) is 15.9. The van der Waals surface area contributed by atoms with Crippen molar-refractivity contribution in [3.63, 3.8) is 0 Å². The van der Waals surface area contributed by atoms with Crippen molar-refractivity contribution in [3.8, 4) is 0 Å². The predicted octanol–water partition coefficient (Wildman–Crippen LogP) is 0.961. The standard InChI is InChI=1S/C21H28O6/c1-19-9-15(24)18-13(14(19)5-6-21(19,27)17(26)10-22)4-3-11-7-12(23)8-16(25)20(11,18)2/h7,13-15,18,22,24,27H,3-6,8-10H2,1-2H3/t13-,14-,15?,18+,19-,20+,21-/m0/s1.